The van der Waals surface area contributed by atoms with E-state index in [0.717, 1.165) is 32.6 Å². The number of nitrogens with one attached hydrogen (secondary N) is 1. The molecule has 5 nitrogen and oxygen atoms in total. The quantitative estimate of drug-likeness (QED) is 0.314. The molecule has 0 spiro atoms. The fourth-order valence-electron chi connectivity index (χ4n) is 4.45. The van der Waals surface area contributed by atoms with Gasteiger partial charge in [0.1, 0.15) is 23.7 Å². The van der Waals surface area contributed by atoms with Crippen molar-refractivity contribution >= 4 is 39.3 Å². The molecule has 4 aromatic rings. The van der Waals surface area contributed by atoms with Crippen molar-refractivity contribution in [2.45, 2.75) is 17.3 Å². The van der Waals surface area contributed by atoms with Gasteiger partial charge in [-0.05, 0) is 42.2 Å². The number of rotatable bonds is 3. The number of benzene rings is 3. The molecule has 0 aliphatic carbocycles. The predicted molar refractivity (Wildman–Crippen MR) is 131 cm³/mol. The van der Waals surface area contributed by atoms with Crippen molar-refractivity contribution < 1.29 is 9.13 Å². The van der Waals surface area contributed by atoms with E-state index in [2.05, 4.69) is 26.2 Å². The number of nitrogens with zero attached hydrogens (tertiary/aromatic N) is 3. The van der Waals surface area contributed by atoms with Crippen LogP contribution in [0.4, 0.5) is 10.3 Å². The second-order valence-corrected chi connectivity index (χ2v) is 9.48. The van der Waals surface area contributed by atoms with E-state index in [9.17, 15) is 0 Å². The van der Waals surface area contributed by atoms with Crippen molar-refractivity contribution in [2.24, 2.45) is 0 Å². The first kappa shape index (κ1) is 20.5. The Bertz CT molecular complexity index is 1400. The van der Waals surface area contributed by atoms with E-state index < -0.39 is 12.1 Å². The summed E-state index contributed by atoms with van der Waals surface area (Å²) < 4.78 is 24.6. The molecule has 3 heterocycles. The van der Waals surface area contributed by atoms with Gasteiger partial charge in [-0.1, -0.05) is 70.2 Å². The molecule has 0 fully saturated rings. The fraction of sp³-hybridized carbons (Fsp3) is 0.120. The first-order valence-electron chi connectivity index (χ1n) is 10.4. The van der Waals surface area contributed by atoms with Gasteiger partial charge in [0, 0.05) is 21.2 Å². The maximum absolute atomic E-state index is 15.2. The molecule has 1 N–H and O–H groups in total. The molecule has 164 valence electrons. The van der Waals surface area contributed by atoms with Crippen LogP contribution in [0, 0.1) is 5.82 Å². The molecular formula is C25H18BrFN4OS. The summed E-state index contributed by atoms with van der Waals surface area (Å²) in [4.78, 5) is 4.65. The monoisotopic (exact) mass is 520 g/mol. The molecule has 3 aromatic carbocycles. The van der Waals surface area contributed by atoms with Gasteiger partial charge in [-0.15, -0.1) is 5.10 Å². The summed E-state index contributed by atoms with van der Waals surface area (Å²) >= 11 is 4.96. The maximum atomic E-state index is 15.2. The van der Waals surface area contributed by atoms with Crippen LogP contribution >= 0.6 is 27.7 Å². The topological polar surface area (TPSA) is 52.0 Å². The van der Waals surface area contributed by atoms with Crippen LogP contribution in [-0.4, -0.2) is 21.0 Å². The lowest BCUT2D eigenvalue weighted by Crippen LogP contribution is -2.32. The molecule has 8 heteroatoms. The number of thioether (sulfide) groups is 1. The van der Waals surface area contributed by atoms with Gasteiger partial charge >= 0.3 is 0 Å². The minimum atomic E-state index is -0.521. The van der Waals surface area contributed by atoms with Gasteiger partial charge in [0.25, 0.3) is 0 Å². The van der Waals surface area contributed by atoms with Crippen LogP contribution in [0.5, 0.6) is 5.75 Å². The Morgan fingerprint density at radius 2 is 1.79 bits per heavy atom. The van der Waals surface area contributed by atoms with Crippen LogP contribution in [0.3, 0.4) is 0 Å². The number of hydrogen-bond donors (Lipinski definition) is 1. The minimum absolute atomic E-state index is 0.295. The summed E-state index contributed by atoms with van der Waals surface area (Å²) in [6.45, 7) is 0. The maximum Gasteiger partial charge on any atom is 0.227 e. The van der Waals surface area contributed by atoms with Gasteiger partial charge in [0.15, 0.2) is 0 Å². The van der Waals surface area contributed by atoms with Gasteiger partial charge in [-0.25, -0.2) is 9.07 Å². The molecule has 33 heavy (non-hydrogen) atoms. The zero-order valence-electron chi connectivity index (χ0n) is 17.5. The number of hydrogen-bond acceptors (Lipinski definition) is 5. The number of anilines is 1. The molecule has 2 aliphatic heterocycles. The Morgan fingerprint density at radius 1 is 1.03 bits per heavy atom. The molecule has 1 aromatic heterocycles. The second-order valence-electron chi connectivity index (χ2n) is 7.79. The first-order valence-corrected chi connectivity index (χ1v) is 12.4. The SMILES string of the molecule is CSc1nc2n(n1)[C@@H](c1ccccc1F)C1=C(N2)c2ccccc2O[C@@H]1c1ccc(Br)cc1. The Kier molecular flexibility index (Phi) is 4.99. The van der Waals surface area contributed by atoms with Crippen LogP contribution in [0.2, 0.25) is 0 Å². The largest absolute Gasteiger partial charge is 0.480 e. The molecular weight excluding hydrogens is 503 g/mol. The molecule has 0 bridgehead atoms. The summed E-state index contributed by atoms with van der Waals surface area (Å²) in [5, 5.41) is 8.80. The molecule has 0 unspecified atom stereocenters. The smallest absolute Gasteiger partial charge is 0.227 e. The zero-order chi connectivity index (χ0) is 22.5. The van der Waals surface area contributed by atoms with Crippen LogP contribution < -0.4 is 10.1 Å². The Hall–Kier alpha value is -3.10. The van der Waals surface area contributed by atoms with Gasteiger partial charge in [0.05, 0.1) is 5.70 Å². The van der Waals surface area contributed by atoms with Gasteiger partial charge in [-0.3, -0.25) is 0 Å². The van der Waals surface area contributed by atoms with Crippen molar-refractivity contribution in [1.29, 1.82) is 0 Å². The number of fused-ring (bicyclic) bond motifs is 3. The highest BCUT2D eigenvalue weighted by atomic mass is 79.9. The highest BCUT2D eigenvalue weighted by Gasteiger charge is 2.42. The average molecular weight is 521 g/mol. The predicted octanol–water partition coefficient (Wildman–Crippen LogP) is 6.46. The number of para-hydroxylation sites is 1. The summed E-state index contributed by atoms with van der Waals surface area (Å²) in [6, 6.07) is 22.2. The summed E-state index contributed by atoms with van der Waals surface area (Å²) in [5.74, 6) is 1.05. The molecule has 0 saturated heterocycles. The van der Waals surface area contributed by atoms with E-state index in [1.165, 1.54) is 17.8 Å². The number of aromatic nitrogens is 3. The van der Waals surface area contributed by atoms with Crippen LogP contribution in [0.1, 0.15) is 28.8 Å². The third-order valence-corrected chi connectivity index (χ3v) is 6.98. The van der Waals surface area contributed by atoms with Crippen molar-refractivity contribution in [3.63, 3.8) is 0 Å². The van der Waals surface area contributed by atoms with Crippen molar-refractivity contribution in [3.8, 4) is 5.75 Å². The van der Waals surface area contributed by atoms with Crippen molar-refractivity contribution in [1.82, 2.24) is 14.8 Å². The van der Waals surface area contributed by atoms with E-state index in [1.807, 2.05) is 60.9 Å². The van der Waals surface area contributed by atoms with Crippen LogP contribution in [-0.2, 0) is 0 Å². The van der Waals surface area contributed by atoms with Crippen LogP contribution in [0.25, 0.3) is 5.70 Å². The third kappa shape index (κ3) is 3.36. The third-order valence-electron chi connectivity index (χ3n) is 5.92. The van der Waals surface area contributed by atoms with E-state index in [0.29, 0.717) is 16.7 Å². The molecule has 0 amide bonds. The summed E-state index contributed by atoms with van der Waals surface area (Å²) in [6.07, 6.45) is 1.49. The summed E-state index contributed by atoms with van der Waals surface area (Å²) in [5.41, 5.74) is 4.19. The van der Waals surface area contributed by atoms with Gasteiger partial charge < -0.3 is 10.1 Å². The highest BCUT2D eigenvalue weighted by Crippen LogP contribution is 2.51. The first-order chi connectivity index (χ1) is 16.1. The minimum Gasteiger partial charge on any atom is -0.480 e. The lowest BCUT2D eigenvalue weighted by molar-refractivity contribution is 0.222. The van der Waals surface area contributed by atoms with Gasteiger partial charge in [-0.2, -0.15) is 4.98 Å². The average Bonchev–Trinajstić information content (AvgIpc) is 3.26. The Labute approximate surface area is 202 Å². The molecule has 2 aliphatic rings. The Balaban J connectivity index is 1.65. The highest BCUT2D eigenvalue weighted by molar-refractivity contribution is 9.10. The Morgan fingerprint density at radius 3 is 2.58 bits per heavy atom. The van der Waals surface area contributed by atoms with Gasteiger partial charge in [0.2, 0.25) is 11.1 Å². The molecule has 6 rings (SSSR count). The molecule has 0 saturated carbocycles. The molecule has 2 atom stereocenters. The van der Waals surface area contributed by atoms with E-state index in [4.69, 9.17) is 9.84 Å². The van der Waals surface area contributed by atoms with E-state index >= 15 is 4.39 Å². The zero-order valence-corrected chi connectivity index (χ0v) is 19.9. The summed E-state index contributed by atoms with van der Waals surface area (Å²) in [7, 11) is 0. The van der Waals surface area contributed by atoms with E-state index in [-0.39, 0.29) is 5.82 Å². The van der Waals surface area contributed by atoms with E-state index in [1.54, 1.807) is 16.8 Å². The standard InChI is InChI=1S/C25H18BrFN4OS/c1-33-25-29-24-28-21-17-7-3-5-9-19(17)32-23(14-10-12-15(26)13-11-14)20(21)22(31(24)30-25)16-6-2-4-8-18(16)27/h2-13,22-23H,1H3,(H,28,29,30)/t22-,23+/m0/s1. The number of halogens is 2. The normalized spacial score (nSPS) is 18.6. The number of ether oxygens (including phenoxy) is 1. The van der Waals surface area contributed by atoms with Crippen molar-refractivity contribution in [3.05, 3.63) is 105 Å². The lowest BCUT2D eigenvalue weighted by atomic mass is 9.84. The fourth-order valence-corrected chi connectivity index (χ4v) is 5.06. The molecule has 0 radical (unpaired) electrons. The lowest BCUT2D eigenvalue weighted by Gasteiger charge is -2.39. The second kappa shape index (κ2) is 8.04. The van der Waals surface area contributed by atoms with Crippen LogP contribution in [0.15, 0.2) is 88.0 Å². The van der Waals surface area contributed by atoms with Crippen molar-refractivity contribution in [2.75, 3.05) is 11.6 Å².